The van der Waals surface area contributed by atoms with Gasteiger partial charge in [0.05, 0.1) is 25.7 Å². The molecule has 8 nitrogen and oxygen atoms in total. The summed E-state index contributed by atoms with van der Waals surface area (Å²) in [5.41, 5.74) is 0. The highest BCUT2D eigenvalue weighted by Crippen LogP contribution is 2.38. The van der Waals surface area contributed by atoms with Crippen LogP contribution in [0.5, 0.6) is 0 Å². The average molecular weight is 522 g/mol. The lowest BCUT2D eigenvalue weighted by Gasteiger charge is -2.39. The molecule has 2 saturated heterocycles. The minimum atomic E-state index is -0.321. The largest absolute Gasteiger partial charge is 0.499 e. The number of fused-ring (bicyclic) bond motifs is 1. The molecule has 210 valence electrons. The van der Waals surface area contributed by atoms with Crippen molar-refractivity contribution >= 4 is 5.97 Å². The van der Waals surface area contributed by atoms with Gasteiger partial charge in [0.25, 0.3) is 0 Å². The summed E-state index contributed by atoms with van der Waals surface area (Å²) in [5.74, 6) is 0.696. The lowest BCUT2D eigenvalue weighted by Crippen LogP contribution is -2.46. The molecule has 1 unspecified atom stereocenters. The van der Waals surface area contributed by atoms with E-state index in [0.29, 0.717) is 18.2 Å². The molecular formula is C29H47NO7. The van der Waals surface area contributed by atoms with Crippen LogP contribution in [0.25, 0.3) is 0 Å². The number of hydrogen-bond acceptors (Lipinski definition) is 8. The van der Waals surface area contributed by atoms with Gasteiger partial charge in [0.15, 0.2) is 12.6 Å². The summed E-state index contributed by atoms with van der Waals surface area (Å²) >= 11 is 0. The van der Waals surface area contributed by atoms with Crippen LogP contribution in [-0.4, -0.2) is 82.2 Å². The molecule has 0 spiro atoms. The lowest BCUT2D eigenvalue weighted by molar-refractivity contribution is -0.224. The van der Waals surface area contributed by atoms with Crippen molar-refractivity contribution in [1.82, 2.24) is 4.90 Å². The van der Waals surface area contributed by atoms with Crippen molar-refractivity contribution in [3.63, 3.8) is 0 Å². The summed E-state index contributed by atoms with van der Waals surface area (Å²) in [6, 6.07) is 0.394. The number of methoxy groups -OCH3 is 2. The maximum atomic E-state index is 12.4. The SMILES string of the molecule is CO/C1=C\CC(=O)O[C@H](C)C/C=C/C=C/[C@H](OC2CC[C@H](N(C)C)[C@@H](C)O2)[C@H](C)C[C@@H]2C[C@H](OC)O[C@@H]12. The number of rotatable bonds is 5. The van der Waals surface area contributed by atoms with Crippen LogP contribution < -0.4 is 0 Å². The van der Waals surface area contributed by atoms with E-state index in [0.717, 1.165) is 25.7 Å². The Bertz CT molecular complexity index is 810. The van der Waals surface area contributed by atoms with Gasteiger partial charge in [-0.1, -0.05) is 31.2 Å². The number of hydrogen-bond donors (Lipinski definition) is 0. The Balaban J connectivity index is 1.81. The fourth-order valence-corrected chi connectivity index (χ4v) is 5.59. The van der Waals surface area contributed by atoms with E-state index < -0.39 is 0 Å². The second-order valence-corrected chi connectivity index (χ2v) is 10.8. The summed E-state index contributed by atoms with van der Waals surface area (Å²) in [6.45, 7) is 6.23. The number of likely N-dealkylation sites (N-methyl/N-ethyl adjacent to an activating group) is 1. The number of carbonyl (C=O) groups excluding carboxylic acids is 1. The third-order valence-electron chi connectivity index (χ3n) is 7.63. The van der Waals surface area contributed by atoms with Crippen molar-refractivity contribution in [3.8, 4) is 0 Å². The second-order valence-electron chi connectivity index (χ2n) is 10.8. The van der Waals surface area contributed by atoms with E-state index >= 15 is 0 Å². The monoisotopic (exact) mass is 521 g/mol. The Labute approximate surface area is 222 Å². The smallest absolute Gasteiger partial charge is 0.310 e. The van der Waals surface area contributed by atoms with E-state index in [4.69, 9.17) is 28.4 Å². The molecule has 8 heteroatoms. The van der Waals surface area contributed by atoms with Crippen molar-refractivity contribution in [1.29, 1.82) is 0 Å². The standard InChI is InChI=1S/C29H47NO7/c1-19-17-22-18-28(33-7)37-29(22)25(32-6)14-15-26(31)34-20(2)11-9-8-10-12-24(19)36-27-16-13-23(30(4)5)21(3)35-27/h8-10,12,14,19-24,27-29H,11,13,15-18H2,1-7H3/b9-8+,12-10+,25-14-/t19-,20-,21-,22-,23+,24+,27?,28-,29-/m1/s1. The molecule has 0 N–H and O–H groups in total. The maximum Gasteiger partial charge on any atom is 0.310 e. The van der Waals surface area contributed by atoms with E-state index in [1.54, 1.807) is 20.3 Å². The zero-order valence-electron chi connectivity index (χ0n) is 23.6. The number of carbonyl (C=O) groups is 1. The van der Waals surface area contributed by atoms with Crippen LogP contribution in [0.1, 0.15) is 59.3 Å². The fraction of sp³-hybridized carbons (Fsp3) is 0.759. The third kappa shape index (κ3) is 8.65. The van der Waals surface area contributed by atoms with E-state index in [9.17, 15) is 4.79 Å². The predicted molar refractivity (Wildman–Crippen MR) is 142 cm³/mol. The van der Waals surface area contributed by atoms with Crippen molar-refractivity contribution in [3.05, 3.63) is 36.1 Å². The molecule has 0 aliphatic carbocycles. The van der Waals surface area contributed by atoms with Gasteiger partial charge in [0, 0.05) is 26.0 Å². The molecule has 3 heterocycles. The van der Waals surface area contributed by atoms with Gasteiger partial charge in [-0.25, -0.2) is 0 Å². The topological polar surface area (TPSA) is 75.7 Å². The first-order valence-electron chi connectivity index (χ1n) is 13.6. The van der Waals surface area contributed by atoms with Crippen LogP contribution >= 0.6 is 0 Å². The summed E-state index contributed by atoms with van der Waals surface area (Å²) in [4.78, 5) is 14.6. The molecule has 0 aromatic heterocycles. The summed E-state index contributed by atoms with van der Waals surface area (Å²) in [7, 11) is 7.47. The minimum Gasteiger partial charge on any atom is -0.499 e. The normalized spacial score (nSPS) is 41.4. The summed E-state index contributed by atoms with van der Waals surface area (Å²) < 4.78 is 35.9. The van der Waals surface area contributed by atoms with E-state index in [1.807, 2.05) is 25.2 Å². The number of allylic oxidation sites excluding steroid dienone is 2. The number of ether oxygens (including phenoxy) is 6. The highest BCUT2D eigenvalue weighted by Gasteiger charge is 2.40. The zero-order valence-corrected chi connectivity index (χ0v) is 23.6. The van der Waals surface area contributed by atoms with Crippen LogP contribution in [0.2, 0.25) is 0 Å². The van der Waals surface area contributed by atoms with Gasteiger partial charge >= 0.3 is 5.97 Å². The highest BCUT2D eigenvalue weighted by atomic mass is 16.7. The molecule has 0 radical (unpaired) electrons. The Morgan fingerprint density at radius 1 is 1.00 bits per heavy atom. The predicted octanol–water partition coefficient (Wildman–Crippen LogP) is 4.60. The van der Waals surface area contributed by atoms with Crippen LogP contribution in [0, 0.1) is 11.8 Å². The van der Waals surface area contributed by atoms with Gasteiger partial charge in [-0.3, -0.25) is 4.79 Å². The minimum absolute atomic E-state index is 0.104. The van der Waals surface area contributed by atoms with Crippen molar-refractivity contribution < 1.29 is 33.2 Å². The summed E-state index contributed by atoms with van der Waals surface area (Å²) in [5, 5.41) is 0. The van der Waals surface area contributed by atoms with Gasteiger partial charge in [-0.2, -0.15) is 0 Å². The first-order valence-corrected chi connectivity index (χ1v) is 13.6. The number of cyclic esters (lactones) is 1. The van der Waals surface area contributed by atoms with Crippen LogP contribution in [-0.2, 0) is 33.2 Å². The Morgan fingerprint density at radius 3 is 2.46 bits per heavy atom. The quantitative estimate of drug-likeness (QED) is 0.486. The fourth-order valence-electron chi connectivity index (χ4n) is 5.59. The van der Waals surface area contributed by atoms with E-state index in [1.165, 1.54) is 0 Å². The van der Waals surface area contributed by atoms with Gasteiger partial charge < -0.3 is 33.3 Å². The molecule has 0 saturated carbocycles. The number of nitrogens with zero attached hydrogens (tertiary/aromatic N) is 1. The van der Waals surface area contributed by atoms with Gasteiger partial charge in [-0.05, 0) is 65.1 Å². The molecule has 3 rings (SSSR count). The second kappa shape index (κ2) is 14.4. The molecule has 0 bridgehead atoms. The third-order valence-corrected chi connectivity index (χ3v) is 7.63. The highest BCUT2D eigenvalue weighted by molar-refractivity contribution is 5.71. The van der Waals surface area contributed by atoms with E-state index in [-0.39, 0.29) is 61.2 Å². The molecule has 0 aromatic carbocycles. The van der Waals surface area contributed by atoms with Crippen molar-refractivity contribution in [2.24, 2.45) is 11.8 Å². The van der Waals surface area contributed by atoms with Gasteiger partial charge in [-0.15, -0.1) is 0 Å². The molecule has 2 fully saturated rings. The molecule has 0 amide bonds. The zero-order chi connectivity index (χ0) is 26.9. The van der Waals surface area contributed by atoms with Crippen LogP contribution in [0.15, 0.2) is 36.1 Å². The molecule has 0 aromatic rings. The van der Waals surface area contributed by atoms with E-state index in [2.05, 4.69) is 38.9 Å². The molecule has 37 heavy (non-hydrogen) atoms. The van der Waals surface area contributed by atoms with Crippen LogP contribution in [0.4, 0.5) is 0 Å². The first-order chi connectivity index (χ1) is 17.7. The Morgan fingerprint density at radius 2 is 1.78 bits per heavy atom. The van der Waals surface area contributed by atoms with Crippen molar-refractivity contribution in [2.45, 2.75) is 102 Å². The van der Waals surface area contributed by atoms with Gasteiger partial charge in [0.1, 0.15) is 18.0 Å². The molecule has 3 aliphatic rings. The molecule has 9 atom stereocenters. The Hall–Kier alpha value is -1.71. The van der Waals surface area contributed by atoms with Crippen molar-refractivity contribution in [2.75, 3.05) is 28.3 Å². The Kier molecular flexibility index (Phi) is 11.7. The lowest BCUT2D eigenvalue weighted by atomic mass is 9.86. The molecular weight excluding hydrogens is 474 g/mol. The summed E-state index contributed by atoms with van der Waals surface area (Å²) in [6.07, 6.45) is 13.1. The van der Waals surface area contributed by atoms with Gasteiger partial charge in [0.2, 0.25) is 0 Å². The number of esters is 1. The molecule has 3 aliphatic heterocycles. The maximum absolute atomic E-state index is 12.4. The first kappa shape index (κ1) is 29.8. The average Bonchev–Trinajstić information content (AvgIpc) is 3.25. The van der Waals surface area contributed by atoms with Crippen LogP contribution in [0.3, 0.4) is 0 Å².